The van der Waals surface area contributed by atoms with Gasteiger partial charge in [-0.3, -0.25) is 0 Å². The second-order valence-corrected chi connectivity index (χ2v) is 3.56. The van der Waals surface area contributed by atoms with Crippen molar-refractivity contribution in [2.45, 2.75) is 19.4 Å². The Morgan fingerprint density at radius 2 is 2.33 bits per heavy atom. The molecule has 1 atom stereocenters. The highest BCUT2D eigenvalue weighted by molar-refractivity contribution is 5.74. The van der Waals surface area contributed by atoms with E-state index in [1.54, 1.807) is 0 Å². The van der Waals surface area contributed by atoms with Crippen molar-refractivity contribution in [2.75, 3.05) is 5.32 Å². The third-order valence-electron chi connectivity index (χ3n) is 2.18. The molecular formula is C12H14N2O. The number of rotatable bonds is 4. The molecule has 0 radical (unpaired) electrons. The van der Waals surface area contributed by atoms with Crippen LogP contribution in [0.2, 0.25) is 0 Å². The van der Waals surface area contributed by atoms with Crippen molar-refractivity contribution in [3.8, 4) is 0 Å². The number of nitrogens with zero attached hydrogens (tertiary/aromatic N) is 1. The molecule has 3 nitrogen and oxygen atoms in total. The number of nitrogens with one attached hydrogen (secondary N) is 1. The minimum atomic E-state index is 0.288. The molecule has 0 fully saturated rings. The highest BCUT2D eigenvalue weighted by Crippen LogP contribution is 2.18. The summed E-state index contributed by atoms with van der Waals surface area (Å²) >= 11 is 0. The van der Waals surface area contributed by atoms with Crippen molar-refractivity contribution in [3.05, 3.63) is 36.9 Å². The van der Waals surface area contributed by atoms with Crippen LogP contribution in [0, 0.1) is 0 Å². The van der Waals surface area contributed by atoms with Crippen LogP contribution in [-0.4, -0.2) is 11.0 Å². The molecule has 2 rings (SSSR count). The first-order chi connectivity index (χ1) is 7.29. The second kappa shape index (κ2) is 4.17. The van der Waals surface area contributed by atoms with Crippen LogP contribution in [-0.2, 0) is 0 Å². The first-order valence-corrected chi connectivity index (χ1v) is 5.02. The Labute approximate surface area is 88.8 Å². The Hall–Kier alpha value is -1.77. The monoisotopic (exact) mass is 202 g/mol. The van der Waals surface area contributed by atoms with Gasteiger partial charge in [0.25, 0.3) is 6.01 Å². The van der Waals surface area contributed by atoms with Gasteiger partial charge >= 0.3 is 0 Å². The van der Waals surface area contributed by atoms with Gasteiger partial charge < -0.3 is 9.73 Å². The van der Waals surface area contributed by atoms with E-state index >= 15 is 0 Å². The average molecular weight is 202 g/mol. The fraction of sp³-hybridized carbons (Fsp3) is 0.250. The summed E-state index contributed by atoms with van der Waals surface area (Å²) in [6.07, 6.45) is 2.76. The maximum atomic E-state index is 5.53. The van der Waals surface area contributed by atoms with Crippen LogP contribution in [0.3, 0.4) is 0 Å². The first kappa shape index (κ1) is 9.77. The van der Waals surface area contributed by atoms with Crippen molar-refractivity contribution in [1.82, 2.24) is 4.98 Å². The zero-order valence-electron chi connectivity index (χ0n) is 8.73. The van der Waals surface area contributed by atoms with Gasteiger partial charge in [0.1, 0.15) is 5.52 Å². The normalized spacial score (nSPS) is 12.6. The predicted octanol–water partition coefficient (Wildman–Crippen LogP) is 3.20. The summed E-state index contributed by atoms with van der Waals surface area (Å²) in [4.78, 5) is 4.32. The van der Waals surface area contributed by atoms with Gasteiger partial charge in [-0.05, 0) is 25.5 Å². The molecule has 0 bridgehead atoms. The third kappa shape index (κ3) is 2.18. The van der Waals surface area contributed by atoms with Crippen LogP contribution in [0.1, 0.15) is 13.3 Å². The molecule has 0 aliphatic rings. The molecule has 0 saturated carbocycles. The summed E-state index contributed by atoms with van der Waals surface area (Å²) in [5, 5.41) is 3.18. The van der Waals surface area contributed by atoms with E-state index in [9.17, 15) is 0 Å². The lowest BCUT2D eigenvalue weighted by Gasteiger charge is -2.07. The van der Waals surface area contributed by atoms with Gasteiger partial charge in [-0.2, -0.15) is 4.98 Å². The summed E-state index contributed by atoms with van der Waals surface area (Å²) in [5.74, 6) is 0. The lowest BCUT2D eigenvalue weighted by atomic mass is 10.2. The van der Waals surface area contributed by atoms with E-state index in [-0.39, 0.29) is 6.04 Å². The Morgan fingerprint density at radius 1 is 1.53 bits per heavy atom. The maximum absolute atomic E-state index is 5.53. The van der Waals surface area contributed by atoms with Crippen LogP contribution in [0.25, 0.3) is 11.1 Å². The van der Waals surface area contributed by atoms with Gasteiger partial charge in [0.2, 0.25) is 0 Å². The van der Waals surface area contributed by atoms with E-state index < -0.39 is 0 Å². The molecule has 0 amide bonds. The van der Waals surface area contributed by atoms with E-state index in [0.717, 1.165) is 17.5 Å². The second-order valence-electron chi connectivity index (χ2n) is 3.56. The maximum Gasteiger partial charge on any atom is 0.295 e. The van der Waals surface area contributed by atoms with E-state index in [1.807, 2.05) is 30.3 Å². The topological polar surface area (TPSA) is 38.1 Å². The number of para-hydroxylation sites is 2. The molecule has 2 aromatic rings. The standard InChI is InChI=1S/C12H14N2O/c1-3-6-9(2)13-12-14-10-7-4-5-8-11(10)15-12/h3-5,7-9H,1,6H2,2H3,(H,13,14). The quantitative estimate of drug-likeness (QED) is 0.773. The fourth-order valence-corrected chi connectivity index (χ4v) is 1.45. The number of aromatic nitrogens is 1. The Kier molecular flexibility index (Phi) is 2.72. The molecule has 0 aliphatic carbocycles. The van der Waals surface area contributed by atoms with Crippen LogP contribution in [0.5, 0.6) is 0 Å². The SMILES string of the molecule is C=CCC(C)Nc1nc2ccccc2o1. The third-order valence-corrected chi connectivity index (χ3v) is 2.18. The van der Waals surface area contributed by atoms with E-state index in [1.165, 1.54) is 0 Å². The van der Waals surface area contributed by atoms with Crippen LogP contribution < -0.4 is 5.32 Å². The summed E-state index contributed by atoms with van der Waals surface area (Å²) in [5.41, 5.74) is 1.69. The zero-order valence-corrected chi connectivity index (χ0v) is 8.73. The molecule has 1 N–H and O–H groups in total. The lowest BCUT2D eigenvalue weighted by molar-refractivity contribution is 0.600. The van der Waals surface area contributed by atoms with Gasteiger partial charge in [-0.25, -0.2) is 0 Å². The van der Waals surface area contributed by atoms with Crippen LogP contribution >= 0.6 is 0 Å². The predicted molar refractivity (Wildman–Crippen MR) is 61.9 cm³/mol. The molecule has 15 heavy (non-hydrogen) atoms. The zero-order chi connectivity index (χ0) is 10.7. The molecule has 0 saturated heterocycles. The highest BCUT2D eigenvalue weighted by Gasteiger charge is 2.06. The van der Waals surface area contributed by atoms with Crippen molar-refractivity contribution in [1.29, 1.82) is 0 Å². The lowest BCUT2D eigenvalue weighted by Crippen LogP contribution is -2.13. The first-order valence-electron chi connectivity index (χ1n) is 5.02. The largest absolute Gasteiger partial charge is 0.424 e. The van der Waals surface area contributed by atoms with Crippen LogP contribution in [0.4, 0.5) is 6.01 Å². The summed E-state index contributed by atoms with van der Waals surface area (Å²) in [6.45, 7) is 5.76. The van der Waals surface area contributed by atoms with Crippen LogP contribution in [0.15, 0.2) is 41.3 Å². The van der Waals surface area contributed by atoms with Crippen molar-refractivity contribution < 1.29 is 4.42 Å². The Morgan fingerprint density at radius 3 is 3.07 bits per heavy atom. The molecule has 0 aliphatic heterocycles. The van der Waals surface area contributed by atoms with Gasteiger partial charge in [0.05, 0.1) is 0 Å². The Bertz CT molecular complexity index is 428. The molecule has 1 heterocycles. The van der Waals surface area contributed by atoms with Gasteiger partial charge in [-0.1, -0.05) is 18.2 Å². The van der Waals surface area contributed by atoms with E-state index in [0.29, 0.717) is 6.01 Å². The summed E-state index contributed by atoms with van der Waals surface area (Å²) < 4.78 is 5.53. The summed E-state index contributed by atoms with van der Waals surface area (Å²) in [7, 11) is 0. The van der Waals surface area contributed by atoms with Crippen molar-refractivity contribution in [3.63, 3.8) is 0 Å². The Balaban J connectivity index is 2.18. The number of fused-ring (bicyclic) bond motifs is 1. The van der Waals surface area contributed by atoms with Gasteiger partial charge in [0, 0.05) is 6.04 Å². The number of anilines is 1. The van der Waals surface area contributed by atoms with E-state index in [2.05, 4.69) is 23.8 Å². The number of hydrogen-bond acceptors (Lipinski definition) is 3. The van der Waals surface area contributed by atoms with E-state index in [4.69, 9.17) is 4.42 Å². The molecule has 1 unspecified atom stereocenters. The van der Waals surface area contributed by atoms with Gasteiger partial charge in [-0.15, -0.1) is 6.58 Å². The number of oxazole rings is 1. The molecule has 1 aromatic heterocycles. The molecule has 1 aromatic carbocycles. The summed E-state index contributed by atoms with van der Waals surface area (Å²) in [6, 6.07) is 8.58. The van der Waals surface area contributed by atoms with Gasteiger partial charge in [0.15, 0.2) is 5.58 Å². The molecular weight excluding hydrogens is 188 g/mol. The van der Waals surface area contributed by atoms with Crippen molar-refractivity contribution >= 4 is 17.1 Å². The number of hydrogen-bond donors (Lipinski definition) is 1. The fourth-order valence-electron chi connectivity index (χ4n) is 1.45. The average Bonchev–Trinajstić information content (AvgIpc) is 2.59. The molecule has 3 heteroatoms. The molecule has 78 valence electrons. The minimum absolute atomic E-state index is 0.288. The molecule has 0 spiro atoms. The highest BCUT2D eigenvalue weighted by atomic mass is 16.4. The van der Waals surface area contributed by atoms with Crippen molar-refractivity contribution in [2.24, 2.45) is 0 Å². The smallest absolute Gasteiger partial charge is 0.295 e. The minimum Gasteiger partial charge on any atom is -0.424 e. The number of benzene rings is 1.